The fraction of sp³-hybridized carbons (Fsp3) is 0.250. The minimum atomic E-state index is -0.610. The highest BCUT2D eigenvalue weighted by Crippen LogP contribution is 2.06. The summed E-state index contributed by atoms with van der Waals surface area (Å²) in [5.41, 5.74) is 2.06. The number of aromatic nitrogens is 2. The Hall–Kier alpha value is -3.15. The number of nitrogens with zero attached hydrogens (tertiary/aromatic N) is 2. The smallest absolute Gasteiger partial charge is 0.359 e. The topological polar surface area (TPSA) is 72.7 Å². The van der Waals surface area contributed by atoms with Gasteiger partial charge in [0.25, 0.3) is 5.91 Å². The molecule has 6 nitrogen and oxygen atoms in total. The zero-order valence-corrected chi connectivity index (χ0v) is 14.6. The number of carbonyl (C=O) groups is 2. The van der Waals surface area contributed by atoms with Crippen molar-refractivity contribution in [3.63, 3.8) is 0 Å². The largest absolute Gasteiger partial charge is 0.451 e. The van der Waals surface area contributed by atoms with Crippen molar-refractivity contribution >= 4 is 17.5 Å². The van der Waals surface area contributed by atoms with Crippen molar-refractivity contribution < 1.29 is 14.3 Å². The second-order valence-corrected chi connectivity index (χ2v) is 6.16. The summed E-state index contributed by atoms with van der Waals surface area (Å²) in [4.78, 5) is 28.2. The molecule has 1 aromatic carbocycles. The summed E-state index contributed by atoms with van der Waals surface area (Å²) < 4.78 is 6.78. The Labute approximate surface area is 151 Å². The fourth-order valence-corrected chi connectivity index (χ4v) is 2.65. The molecule has 0 radical (unpaired) electrons. The van der Waals surface area contributed by atoms with Gasteiger partial charge in [-0.1, -0.05) is 36.4 Å². The van der Waals surface area contributed by atoms with Crippen LogP contribution in [0.1, 0.15) is 29.4 Å². The molecule has 26 heavy (non-hydrogen) atoms. The number of ether oxygens (including phenoxy) is 1. The third-order valence-electron chi connectivity index (χ3n) is 4.02. The van der Waals surface area contributed by atoms with Crippen LogP contribution < -0.4 is 5.32 Å². The van der Waals surface area contributed by atoms with Crippen LogP contribution in [0.25, 0.3) is 5.65 Å². The van der Waals surface area contributed by atoms with Gasteiger partial charge in [-0.05, 0) is 37.5 Å². The summed E-state index contributed by atoms with van der Waals surface area (Å²) in [5.74, 6) is -0.927. The molecule has 0 spiro atoms. The van der Waals surface area contributed by atoms with Gasteiger partial charge in [-0.25, -0.2) is 9.78 Å². The average molecular weight is 351 g/mol. The maximum Gasteiger partial charge on any atom is 0.359 e. The van der Waals surface area contributed by atoms with Gasteiger partial charge in [0.05, 0.1) is 0 Å². The molecule has 0 saturated carbocycles. The second kappa shape index (κ2) is 8.29. The van der Waals surface area contributed by atoms with Gasteiger partial charge in [-0.2, -0.15) is 0 Å². The quantitative estimate of drug-likeness (QED) is 0.664. The maximum absolute atomic E-state index is 12.0. The molecule has 0 aliphatic heterocycles. The number of amides is 1. The monoisotopic (exact) mass is 351 g/mol. The van der Waals surface area contributed by atoms with E-state index in [1.54, 1.807) is 22.9 Å². The van der Waals surface area contributed by atoms with E-state index in [0.29, 0.717) is 5.65 Å². The molecule has 6 heteroatoms. The van der Waals surface area contributed by atoms with Gasteiger partial charge in [0.15, 0.2) is 12.3 Å². The summed E-state index contributed by atoms with van der Waals surface area (Å²) in [7, 11) is 0. The Balaban J connectivity index is 1.43. The Kier molecular flexibility index (Phi) is 5.63. The van der Waals surface area contributed by atoms with Crippen LogP contribution in [-0.2, 0) is 16.0 Å². The van der Waals surface area contributed by atoms with E-state index >= 15 is 0 Å². The molecule has 1 N–H and O–H groups in total. The van der Waals surface area contributed by atoms with Crippen molar-refractivity contribution in [3.05, 3.63) is 72.2 Å². The number of hydrogen-bond acceptors (Lipinski definition) is 4. The summed E-state index contributed by atoms with van der Waals surface area (Å²) in [5, 5.41) is 2.84. The normalized spacial score (nSPS) is 11.9. The van der Waals surface area contributed by atoms with Crippen molar-refractivity contribution in [2.45, 2.75) is 25.8 Å². The van der Waals surface area contributed by atoms with E-state index in [9.17, 15) is 9.59 Å². The second-order valence-electron chi connectivity index (χ2n) is 6.16. The van der Waals surface area contributed by atoms with E-state index in [2.05, 4.69) is 22.4 Å². The molecule has 3 aromatic rings. The number of imidazole rings is 1. The third kappa shape index (κ3) is 4.69. The van der Waals surface area contributed by atoms with Gasteiger partial charge in [-0.15, -0.1) is 0 Å². The van der Waals surface area contributed by atoms with Crippen LogP contribution in [0, 0.1) is 0 Å². The lowest BCUT2D eigenvalue weighted by Crippen LogP contribution is -2.36. The van der Waals surface area contributed by atoms with Gasteiger partial charge in [-0.3, -0.25) is 4.79 Å². The van der Waals surface area contributed by atoms with E-state index in [0.717, 1.165) is 12.8 Å². The summed E-state index contributed by atoms with van der Waals surface area (Å²) in [6.07, 6.45) is 5.07. The summed E-state index contributed by atoms with van der Waals surface area (Å²) in [6.45, 7) is 1.62. The number of esters is 1. The number of fused-ring (bicyclic) bond motifs is 1. The van der Waals surface area contributed by atoms with E-state index < -0.39 is 5.97 Å². The Morgan fingerprint density at radius 2 is 1.92 bits per heavy atom. The van der Waals surface area contributed by atoms with Gasteiger partial charge >= 0.3 is 5.97 Å². The van der Waals surface area contributed by atoms with Gasteiger partial charge < -0.3 is 14.5 Å². The standard InChI is InChI=1S/C20H21N3O3/c1-15(10-11-16-7-3-2-4-8-16)21-19(24)14-26-20(25)17-13-23-12-6-5-9-18(23)22-17/h2-9,12-13,15H,10-11,14H2,1H3,(H,21,24)/t15-/m1/s1. The number of rotatable bonds is 7. The van der Waals surface area contributed by atoms with Crippen molar-refractivity contribution in [1.82, 2.24) is 14.7 Å². The lowest BCUT2D eigenvalue weighted by atomic mass is 10.1. The van der Waals surface area contributed by atoms with E-state index in [-0.39, 0.29) is 24.2 Å². The predicted molar refractivity (Wildman–Crippen MR) is 97.8 cm³/mol. The number of hydrogen-bond donors (Lipinski definition) is 1. The van der Waals surface area contributed by atoms with Crippen molar-refractivity contribution in [1.29, 1.82) is 0 Å². The zero-order valence-electron chi connectivity index (χ0n) is 14.6. The zero-order chi connectivity index (χ0) is 18.4. The SMILES string of the molecule is C[C@H](CCc1ccccc1)NC(=O)COC(=O)c1cn2ccccc2n1. The molecule has 134 valence electrons. The summed E-state index contributed by atoms with van der Waals surface area (Å²) in [6, 6.07) is 15.6. The van der Waals surface area contributed by atoms with E-state index in [4.69, 9.17) is 4.74 Å². The molecule has 0 saturated heterocycles. The first-order valence-electron chi connectivity index (χ1n) is 8.56. The summed E-state index contributed by atoms with van der Waals surface area (Å²) >= 11 is 0. The van der Waals surface area contributed by atoms with E-state index in [1.165, 1.54) is 5.56 Å². The van der Waals surface area contributed by atoms with Crippen LogP contribution in [0.5, 0.6) is 0 Å². The van der Waals surface area contributed by atoms with Crippen molar-refractivity contribution in [2.24, 2.45) is 0 Å². The minimum Gasteiger partial charge on any atom is -0.451 e. The average Bonchev–Trinajstić information content (AvgIpc) is 3.09. The number of pyridine rings is 1. The fourth-order valence-electron chi connectivity index (χ4n) is 2.65. The van der Waals surface area contributed by atoms with Crippen LogP contribution in [0.3, 0.4) is 0 Å². The Morgan fingerprint density at radius 1 is 1.15 bits per heavy atom. The number of carbonyl (C=O) groups excluding carboxylic acids is 2. The molecule has 0 unspecified atom stereocenters. The van der Waals surface area contributed by atoms with Crippen LogP contribution in [0.2, 0.25) is 0 Å². The molecular formula is C20H21N3O3. The first-order chi connectivity index (χ1) is 12.6. The Bertz CT molecular complexity index is 856. The first-order valence-corrected chi connectivity index (χ1v) is 8.56. The molecule has 2 heterocycles. The van der Waals surface area contributed by atoms with Crippen LogP contribution >= 0.6 is 0 Å². The highest BCUT2D eigenvalue weighted by Gasteiger charge is 2.15. The molecule has 1 amide bonds. The highest BCUT2D eigenvalue weighted by atomic mass is 16.5. The van der Waals surface area contributed by atoms with Crippen molar-refractivity contribution in [2.75, 3.05) is 6.61 Å². The number of aryl methyl sites for hydroxylation is 1. The minimum absolute atomic E-state index is 0.00315. The lowest BCUT2D eigenvalue weighted by Gasteiger charge is -2.13. The molecular weight excluding hydrogens is 330 g/mol. The molecule has 2 aromatic heterocycles. The molecule has 0 aliphatic rings. The predicted octanol–water partition coefficient (Wildman–Crippen LogP) is 2.63. The van der Waals surface area contributed by atoms with Crippen molar-refractivity contribution in [3.8, 4) is 0 Å². The number of nitrogens with one attached hydrogen (secondary N) is 1. The maximum atomic E-state index is 12.0. The highest BCUT2D eigenvalue weighted by molar-refractivity contribution is 5.90. The van der Waals surface area contributed by atoms with Gasteiger partial charge in [0.2, 0.25) is 0 Å². The third-order valence-corrected chi connectivity index (χ3v) is 4.02. The van der Waals surface area contributed by atoms with Crippen LogP contribution in [0.4, 0.5) is 0 Å². The van der Waals surface area contributed by atoms with Gasteiger partial charge in [0, 0.05) is 18.4 Å². The molecule has 0 bridgehead atoms. The van der Waals surface area contributed by atoms with Gasteiger partial charge in [0.1, 0.15) is 5.65 Å². The first kappa shape index (κ1) is 17.7. The molecule has 1 atom stereocenters. The lowest BCUT2D eigenvalue weighted by molar-refractivity contribution is -0.124. The Morgan fingerprint density at radius 3 is 2.69 bits per heavy atom. The molecule has 0 aliphatic carbocycles. The van der Waals surface area contributed by atoms with E-state index in [1.807, 2.05) is 37.3 Å². The van der Waals surface area contributed by atoms with Crippen LogP contribution in [0.15, 0.2) is 60.9 Å². The molecule has 3 rings (SSSR count). The molecule has 0 fully saturated rings. The van der Waals surface area contributed by atoms with Crippen LogP contribution in [-0.4, -0.2) is 33.9 Å². The number of benzene rings is 1.